The number of pyridine rings is 1. The number of hydrogen-bond acceptors (Lipinski definition) is 3. The van der Waals surface area contributed by atoms with Crippen LogP contribution >= 0.6 is 0 Å². The number of fused-ring (bicyclic) bond motifs is 1. The molecule has 1 saturated carbocycles. The Morgan fingerprint density at radius 1 is 1.35 bits per heavy atom. The predicted molar refractivity (Wildman–Crippen MR) is 79.4 cm³/mol. The quantitative estimate of drug-likeness (QED) is 0.927. The van der Waals surface area contributed by atoms with Crippen LogP contribution in [0.5, 0.6) is 0 Å². The third-order valence-corrected chi connectivity index (χ3v) is 4.03. The molecule has 0 spiro atoms. The van der Waals surface area contributed by atoms with E-state index in [2.05, 4.69) is 4.98 Å². The highest BCUT2D eigenvalue weighted by Crippen LogP contribution is 2.26. The Kier molecular flexibility index (Phi) is 3.40. The van der Waals surface area contributed by atoms with Crippen LogP contribution < -0.4 is 5.73 Å². The van der Waals surface area contributed by atoms with Crippen LogP contribution in [0.15, 0.2) is 36.5 Å². The average molecular weight is 269 g/mol. The molecule has 20 heavy (non-hydrogen) atoms. The molecule has 104 valence electrons. The number of nitrogens with zero attached hydrogens (tertiary/aromatic N) is 2. The van der Waals surface area contributed by atoms with Gasteiger partial charge in [-0.1, -0.05) is 24.3 Å². The summed E-state index contributed by atoms with van der Waals surface area (Å²) in [6.07, 6.45) is 3.73. The van der Waals surface area contributed by atoms with E-state index in [-0.39, 0.29) is 5.91 Å². The molecule has 1 aromatic carbocycles. The Morgan fingerprint density at radius 2 is 2.10 bits per heavy atom. The maximum absolute atomic E-state index is 12.5. The molecular weight excluding hydrogens is 250 g/mol. The van der Waals surface area contributed by atoms with E-state index >= 15 is 0 Å². The minimum Gasteiger partial charge on any atom is -0.340 e. The van der Waals surface area contributed by atoms with Crippen molar-refractivity contribution in [1.29, 1.82) is 0 Å². The van der Waals surface area contributed by atoms with E-state index in [9.17, 15) is 4.79 Å². The smallest absolute Gasteiger partial charge is 0.272 e. The number of amides is 1. The summed E-state index contributed by atoms with van der Waals surface area (Å²) < 4.78 is 0. The normalized spacial score (nSPS) is 21.5. The Balaban J connectivity index is 1.81. The van der Waals surface area contributed by atoms with Gasteiger partial charge < -0.3 is 10.6 Å². The van der Waals surface area contributed by atoms with Crippen molar-refractivity contribution >= 4 is 16.7 Å². The molecular formula is C16H19N3O. The Morgan fingerprint density at radius 3 is 2.85 bits per heavy atom. The van der Waals surface area contributed by atoms with Crippen molar-refractivity contribution < 1.29 is 4.79 Å². The first-order valence-corrected chi connectivity index (χ1v) is 7.00. The fourth-order valence-electron chi connectivity index (χ4n) is 2.88. The molecule has 1 heterocycles. The summed E-state index contributed by atoms with van der Waals surface area (Å²) in [4.78, 5) is 18.6. The van der Waals surface area contributed by atoms with E-state index < -0.39 is 0 Å². The zero-order valence-corrected chi connectivity index (χ0v) is 11.6. The van der Waals surface area contributed by atoms with E-state index in [1.165, 1.54) is 0 Å². The van der Waals surface area contributed by atoms with Gasteiger partial charge in [0.1, 0.15) is 5.69 Å². The lowest BCUT2D eigenvalue weighted by molar-refractivity contribution is 0.0730. The number of nitrogens with two attached hydrogens (primary N) is 1. The topological polar surface area (TPSA) is 59.2 Å². The molecule has 4 heteroatoms. The van der Waals surface area contributed by atoms with Crippen LogP contribution in [-0.4, -0.2) is 35.4 Å². The third kappa shape index (κ3) is 2.39. The molecule has 0 saturated heterocycles. The standard InChI is InChI=1S/C16H19N3O/c1-19(10-11-8-13(17)9-11)16(20)15-14-5-3-2-4-12(14)6-7-18-15/h2-7,11,13H,8-10,17H2,1H3. The molecule has 1 aliphatic rings. The molecule has 1 fully saturated rings. The maximum atomic E-state index is 12.5. The molecule has 0 radical (unpaired) electrons. The highest BCUT2D eigenvalue weighted by atomic mass is 16.2. The Bertz CT molecular complexity index is 629. The first-order valence-electron chi connectivity index (χ1n) is 7.00. The minimum atomic E-state index is -0.0118. The van der Waals surface area contributed by atoms with Crippen LogP contribution in [0.3, 0.4) is 0 Å². The lowest BCUT2D eigenvalue weighted by Crippen LogP contribution is -2.43. The van der Waals surface area contributed by atoms with Gasteiger partial charge in [-0.05, 0) is 30.2 Å². The van der Waals surface area contributed by atoms with E-state index in [1.54, 1.807) is 11.1 Å². The van der Waals surface area contributed by atoms with Gasteiger partial charge in [-0.2, -0.15) is 0 Å². The number of carbonyl (C=O) groups is 1. The van der Waals surface area contributed by atoms with Crippen molar-refractivity contribution in [2.75, 3.05) is 13.6 Å². The second-order valence-corrected chi connectivity index (χ2v) is 5.66. The maximum Gasteiger partial charge on any atom is 0.272 e. The second kappa shape index (κ2) is 5.21. The predicted octanol–water partition coefficient (Wildman–Crippen LogP) is 2.04. The lowest BCUT2D eigenvalue weighted by atomic mass is 9.80. The summed E-state index contributed by atoms with van der Waals surface area (Å²) in [5.74, 6) is 0.524. The summed E-state index contributed by atoms with van der Waals surface area (Å²) in [7, 11) is 1.84. The SMILES string of the molecule is CN(CC1CC(N)C1)C(=O)c1nccc2ccccc12. The molecule has 2 N–H and O–H groups in total. The summed E-state index contributed by atoms with van der Waals surface area (Å²) in [5.41, 5.74) is 6.33. The van der Waals surface area contributed by atoms with Crippen LogP contribution in [0, 0.1) is 5.92 Å². The number of hydrogen-bond donors (Lipinski definition) is 1. The molecule has 1 aliphatic carbocycles. The van der Waals surface area contributed by atoms with Crippen molar-refractivity contribution in [3.8, 4) is 0 Å². The van der Waals surface area contributed by atoms with Crippen LogP contribution in [0.2, 0.25) is 0 Å². The van der Waals surface area contributed by atoms with E-state index in [1.807, 2.05) is 37.4 Å². The Hall–Kier alpha value is -1.94. The largest absolute Gasteiger partial charge is 0.340 e. The summed E-state index contributed by atoms with van der Waals surface area (Å²) in [6.45, 7) is 0.761. The van der Waals surface area contributed by atoms with Crippen LogP contribution in [-0.2, 0) is 0 Å². The van der Waals surface area contributed by atoms with Crippen LogP contribution in [0.4, 0.5) is 0 Å². The molecule has 0 atom stereocenters. The van der Waals surface area contributed by atoms with Gasteiger partial charge in [0, 0.05) is 31.2 Å². The zero-order valence-electron chi connectivity index (χ0n) is 11.6. The zero-order chi connectivity index (χ0) is 14.1. The molecule has 3 rings (SSSR count). The van der Waals surface area contributed by atoms with Gasteiger partial charge in [0.2, 0.25) is 0 Å². The molecule has 1 aromatic heterocycles. The number of benzene rings is 1. The van der Waals surface area contributed by atoms with Crippen molar-refractivity contribution in [3.63, 3.8) is 0 Å². The average Bonchev–Trinajstić information content (AvgIpc) is 2.44. The molecule has 0 unspecified atom stereocenters. The minimum absolute atomic E-state index is 0.0118. The molecule has 0 bridgehead atoms. The molecule has 4 nitrogen and oxygen atoms in total. The summed E-state index contributed by atoms with van der Waals surface area (Å²) >= 11 is 0. The van der Waals surface area contributed by atoms with E-state index in [0.717, 1.165) is 30.2 Å². The highest BCUT2D eigenvalue weighted by molar-refractivity contribution is 6.05. The van der Waals surface area contributed by atoms with Crippen molar-refractivity contribution in [3.05, 3.63) is 42.2 Å². The van der Waals surface area contributed by atoms with Crippen molar-refractivity contribution in [2.45, 2.75) is 18.9 Å². The Labute approximate surface area is 118 Å². The molecule has 2 aromatic rings. The molecule has 0 aliphatic heterocycles. The fourth-order valence-corrected chi connectivity index (χ4v) is 2.88. The van der Waals surface area contributed by atoms with Gasteiger partial charge in [-0.25, -0.2) is 0 Å². The fraction of sp³-hybridized carbons (Fsp3) is 0.375. The van der Waals surface area contributed by atoms with Gasteiger partial charge in [-0.15, -0.1) is 0 Å². The van der Waals surface area contributed by atoms with E-state index in [0.29, 0.717) is 17.7 Å². The second-order valence-electron chi connectivity index (χ2n) is 5.66. The van der Waals surface area contributed by atoms with Crippen molar-refractivity contribution in [1.82, 2.24) is 9.88 Å². The van der Waals surface area contributed by atoms with Gasteiger partial charge in [0.25, 0.3) is 5.91 Å². The first-order chi connectivity index (χ1) is 9.65. The molecule has 1 amide bonds. The summed E-state index contributed by atoms with van der Waals surface area (Å²) in [6, 6.07) is 10.1. The number of carbonyl (C=O) groups excluding carboxylic acids is 1. The first kappa shape index (κ1) is 13.1. The van der Waals surface area contributed by atoms with Crippen LogP contribution in [0.1, 0.15) is 23.3 Å². The number of rotatable bonds is 3. The van der Waals surface area contributed by atoms with Crippen molar-refractivity contribution in [2.24, 2.45) is 11.7 Å². The lowest BCUT2D eigenvalue weighted by Gasteiger charge is -2.35. The van der Waals surface area contributed by atoms with E-state index in [4.69, 9.17) is 5.73 Å². The van der Waals surface area contributed by atoms with Gasteiger partial charge in [0.15, 0.2) is 0 Å². The number of aromatic nitrogens is 1. The monoisotopic (exact) mass is 269 g/mol. The summed E-state index contributed by atoms with van der Waals surface area (Å²) in [5, 5.41) is 1.96. The third-order valence-electron chi connectivity index (χ3n) is 4.03. The van der Waals surface area contributed by atoms with Gasteiger partial charge in [-0.3, -0.25) is 9.78 Å². The van der Waals surface area contributed by atoms with Gasteiger partial charge in [0.05, 0.1) is 0 Å². The highest BCUT2D eigenvalue weighted by Gasteiger charge is 2.28. The van der Waals surface area contributed by atoms with Crippen LogP contribution in [0.25, 0.3) is 10.8 Å². The van der Waals surface area contributed by atoms with Gasteiger partial charge >= 0.3 is 0 Å².